The van der Waals surface area contributed by atoms with Gasteiger partial charge in [-0.3, -0.25) is 0 Å². The van der Waals surface area contributed by atoms with Crippen molar-refractivity contribution in [1.82, 2.24) is 0 Å². The summed E-state index contributed by atoms with van der Waals surface area (Å²) in [4.78, 5) is 10.8. The molecule has 1 aromatic heterocycles. The maximum atomic E-state index is 10.8. The van der Waals surface area contributed by atoms with Gasteiger partial charge in [-0.05, 0) is 12.5 Å². The van der Waals surface area contributed by atoms with Gasteiger partial charge in [-0.15, -0.1) is 0 Å². The molecule has 0 bridgehead atoms. The summed E-state index contributed by atoms with van der Waals surface area (Å²) < 4.78 is 10.4. The lowest BCUT2D eigenvalue weighted by molar-refractivity contribution is 0.0127. The Hall–Kier alpha value is -1.33. The monoisotopic (exact) mass is 214 g/mol. The summed E-state index contributed by atoms with van der Waals surface area (Å²) >= 11 is 0. The molecule has 2 N–H and O–H groups in total. The van der Waals surface area contributed by atoms with Crippen molar-refractivity contribution in [1.29, 1.82) is 0 Å². The number of aliphatic hydroxyl groups excluding tert-OH is 1. The molecule has 0 aliphatic carbocycles. The van der Waals surface area contributed by atoms with Crippen molar-refractivity contribution in [3.8, 4) is 0 Å². The molecule has 0 saturated carbocycles. The summed E-state index contributed by atoms with van der Waals surface area (Å²) in [6.07, 6.45) is 1.50. The average Bonchev–Trinajstić information content (AvgIpc) is 2.68. The van der Waals surface area contributed by atoms with Gasteiger partial charge in [0.25, 0.3) is 0 Å². The quantitative estimate of drug-likeness (QED) is 0.748. The fraction of sp³-hybridized carbons (Fsp3) is 0.500. The first kappa shape index (κ1) is 11.7. The molecule has 84 valence electrons. The Bertz CT molecular complexity index is 317. The Balaban J connectivity index is 2.81. The minimum atomic E-state index is -1.04. The van der Waals surface area contributed by atoms with E-state index in [1.807, 2.05) is 6.92 Å². The third kappa shape index (κ3) is 2.81. The fourth-order valence-electron chi connectivity index (χ4n) is 1.32. The van der Waals surface area contributed by atoms with Crippen molar-refractivity contribution in [3.05, 3.63) is 23.7 Å². The zero-order valence-electron chi connectivity index (χ0n) is 8.47. The van der Waals surface area contributed by atoms with Crippen LogP contribution >= 0.6 is 0 Å². The van der Waals surface area contributed by atoms with E-state index < -0.39 is 12.1 Å². The highest BCUT2D eigenvalue weighted by atomic mass is 16.5. The van der Waals surface area contributed by atoms with E-state index in [9.17, 15) is 4.79 Å². The molecule has 0 aliphatic heterocycles. The van der Waals surface area contributed by atoms with E-state index in [0.717, 1.165) is 0 Å². The normalized spacial score (nSPS) is 12.7. The topological polar surface area (TPSA) is 79.9 Å². The number of hydrogen-bond acceptors (Lipinski definition) is 4. The van der Waals surface area contributed by atoms with Crippen molar-refractivity contribution < 1.29 is 24.2 Å². The molecule has 5 nitrogen and oxygen atoms in total. The van der Waals surface area contributed by atoms with Gasteiger partial charge in [-0.1, -0.05) is 6.92 Å². The summed E-state index contributed by atoms with van der Waals surface area (Å²) in [5.41, 5.74) is 0.111. The highest BCUT2D eigenvalue weighted by Crippen LogP contribution is 2.25. The molecule has 15 heavy (non-hydrogen) atoms. The second-order valence-electron chi connectivity index (χ2n) is 2.99. The van der Waals surface area contributed by atoms with E-state index >= 15 is 0 Å². The summed E-state index contributed by atoms with van der Waals surface area (Å²) in [6, 6.07) is 1.39. The molecule has 0 aliphatic rings. The van der Waals surface area contributed by atoms with Crippen LogP contribution in [0.5, 0.6) is 0 Å². The third-order valence-corrected chi connectivity index (χ3v) is 2.00. The zero-order valence-corrected chi connectivity index (χ0v) is 8.47. The first-order chi connectivity index (χ1) is 7.20. The highest BCUT2D eigenvalue weighted by molar-refractivity contribution is 5.88. The molecule has 0 aromatic carbocycles. The van der Waals surface area contributed by atoms with Crippen LogP contribution in [0.3, 0.4) is 0 Å². The second kappa shape index (κ2) is 5.53. The Morgan fingerprint density at radius 1 is 1.67 bits per heavy atom. The molecule has 5 heteroatoms. The Morgan fingerprint density at radius 2 is 2.40 bits per heavy atom. The number of aliphatic hydroxyl groups is 1. The molecule has 0 fully saturated rings. The smallest absolute Gasteiger partial charge is 0.339 e. The minimum absolute atomic E-state index is 0.0976. The highest BCUT2D eigenvalue weighted by Gasteiger charge is 2.21. The van der Waals surface area contributed by atoms with Crippen LogP contribution in [0.15, 0.2) is 16.7 Å². The van der Waals surface area contributed by atoms with Crippen molar-refractivity contribution in [2.24, 2.45) is 0 Å². The molecule has 1 rings (SSSR count). The molecule has 1 heterocycles. The number of rotatable bonds is 6. The zero-order chi connectivity index (χ0) is 11.3. The van der Waals surface area contributed by atoms with E-state index in [4.69, 9.17) is 19.4 Å². The molecule has 1 atom stereocenters. The van der Waals surface area contributed by atoms with Gasteiger partial charge in [0.1, 0.15) is 17.4 Å². The second-order valence-corrected chi connectivity index (χ2v) is 2.99. The van der Waals surface area contributed by atoms with Gasteiger partial charge in [0, 0.05) is 0 Å². The lowest BCUT2D eigenvalue weighted by Gasteiger charge is -2.13. The van der Waals surface area contributed by atoms with Gasteiger partial charge in [-0.25, -0.2) is 4.79 Å². The lowest BCUT2D eigenvalue weighted by Crippen LogP contribution is -2.10. The first-order valence-electron chi connectivity index (χ1n) is 4.73. The molecule has 0 amide bonds. The number of aromatic carboxylic acids is 1. The third-order valence-electron chi connectivity index (χ3n) is 2.00. The van der Waals surface area contributed by atoms with Crippen LogP contribution < -0.4 is 0 Å². The average molecular weight is 214 g/mol. The number of carboxylic acids is 1. The predicted molar refractivity (Wildman–Crippen MR) is 51.7 cm³/mol. The van der Waals surface area contributed by atoms with E-state index in [0.29, 0.717) is 12.2 Å². The molecule has 0 saturated heterocycles. The number of furan rings is 1. The largest absolute Gasteiger partial charge is 0.478 e. The Morgan fingerprint density at radius 3 is 2.93 bits per heavy atom. The fourth-order valence-corrected chi connectivity index (χ4v) is 1.32. The van der Waals surface area contributed by atoms with Crippen LogP contribution in [-0.4, -0.2) is 29.4 Å². The van der Waals surface area contributed by atoms with Crippen LogP contribution in [0.4, 0.5) is 0 Å². The van der Waals surface area contributed by atoms with Gasteiger partial charge in [0.15, 0.2) is 0 Å². The molecule has 0 spiro atoms. The maximum Gasteiger partial charge on any atom is 0.339 e. The van der Waals surface area contributed by atoms with E-state index in [1.54, 1.807) is 0 Å². The Labute approximate surface area is 87.3 Å². The standard InChI is InChI=1S/C10H14O5/c1-2-8(14-6-4-11)9-7(10(12)13)3-5-15-9/h3,5,8,11H,2,4,6H2,1H3,(H,12,13). The van der Waals surface area contributed by atoms with Crippen LogP contribution in [0, 0.1) is 0 Å². The van der Waals surface area contributed by atoms with E-state index in [1.165, 1.54) is 12.3 Å². The van der Waals surface area contributed by atoms with Crippen molar-refractivity contribution in [2.75, 3.05) is 13.2 Å². The Kier molecular flexibility index (Phi) is 4.33. The number of hydrogen-bond donors (Lipinski definition) is 2. The molecule has 1 aromatic rings. The molecule has 1 unspecified atom stereocenters. The summed E-state index contributed by atoms with van der Waals surface area (Å²) in [6.45, 7) is 1.92. The van der Waals surface area contributed by atoms with Crippen LogP contribution in [0.25, 0.3) is 0 Å². The molecular weight excluding hydrogens is 200 g/mol. The summed E-state index contributed by atoms with van der Waals surface area (Å²) in [7, 11) is 0. The van der Waals surface area contributed by atoms with Crippen LogP contribution in [0.1, 0.15) is 35.6 Å². The van der Waals surface area contributed by atoms with E-state index in [2.05, 4.69) is 0 Å². The van der Waals surface area contributed by atoms with Crippen molar-refractivity contribution in [2.45, 2.75) is 19.4 Å². The van der Waals surface area contributed by atoms with Gasteiger partial charge in [0.2, 0.25) is 0 Å². The number of carbonyl (C=O) groups is 1. The minimum Gasteiger partial charge on any atom is -0.478 e. The van der Waals surface area contributed by atoms with Gasteiger partial charge in [0.05, 0.1) is 19.5 Å². The molecular formula is C10H14O5. The maximum absolute atomic E-state index is 10.8. The number of ether oxygens (including phenoxy) is 1. The van der Waals surface area contributed by atoms with Gasteiger partial charge in [-0.2, -0.15) is 0 Å². The molecule has 0 radical (unpaired) electrons. The van der Waals surface area contributed by atoms with Gasteiger partial charge < -0.3 is 19.4 Å². The van der Waals surface area contributed by atoms with Crippen LogP contribution in [-0.2, 0) is 4.74 Å². The van der Waals surface area contributed by atoms with Crippen LogP contribution in [0.2, 0.25) is 0 Å². The van der Waals surface area contributed by atoms with Crippen molar-refractivity contribution in [3.63, 3.8) is 0 Å². The number of carboxylic acid groups (broad SMARTS) is 1. The predicted octanol–water partition coefficient (Wildman–Crippen LogP) is 1.44. The van der Waals surface area contributed by atoms with E-state index in [-0.39, 0.29) is 18.8 Å². The van der Waals surface area contributed by atoms with Crippen molar-refractivity contribution >= 4 is 5.97 Å². The lowest BCUT2D eigenvalue weighted by atomic mass is 10.1. The summed E-state index contributed by atoms with van der Waals surface area (Å²) in [5, 5.41) is 17.5. The first-order valence-corrected chi connectivity index (χ1v) is 4.73. The SMILES string of the molecule is CCC(OCCO)c1occc1C(=O)O. The summed E-state index contributed by atoms with van der Waals surface area (Å²) in [5.74, 6) is -0.733. The van der Waals surface area contributed by atoms with Gasteiger partial charge >= 0.3 is 5.97 Å².